The Hall–Kier alpha value is -2.20. The first-order chi connectivity index (χ1) is 11.7. The average molecular weight is 318 g/mol. The Morgan fingerprint density at radius 1 is 1.04 bits per heavy atom. The van der Waals surface area contributed by atoms with E-state index in [2.05, 4.69) is 52.7 Å². The quantitative estimate of drug-likeness (QED) is 0.689. The smallest absolute Gasteiger partial charge is 0.0932 e. The Morgan fingerprint density at radius 2 is 1.88 bits per heavy atom. The van der Waals surface area contributed by atoms with Gasteiger partial charge in [-0.05, 0) is 50.2 Å². The highest BCUT2D eigenvalue weighted by Crippen LogP contribution is 2.44. The van der Waals surface area contributed by atoms with Gasteiger partial charge >= 0.3 is 0 Å². The predicted molar refractivity (Wildman–Crippen MR) is 95.1 cm³/mol. The lowest BCUT2D eigenvalue weighted by atomic mass is 9.81. The standard InChI is InChI=1S/C20H22N4/c1-13-3-4-18-19(22-13)17-12-23(2)10-16-9-15(11-24(18)20(16)17)14-5-7-21-8-6-14/h3-8,15-16H,9-12H2,1-2H3. The lowest BCUT2D eigenvalue weighted by Crippen LogP contribution is -2.35. The minimum atomic E-state index is 0.557. The minimum absolute atomic E-state index is 0.557. The molecule has 0 N–H and O–H groups in total. The van der Waals surface area contributed by atoms with E-state index in [1.54, 1.807) is 5.69 Å². The molecule has 3 aromatic heterocycles. The number of fused-ring (bicyclic) bond motifs is 3. The summed E-state index contributed by atoms with van der Waals surface area (Å²) in [6, 6.07) is 8.77. The molecule has 2 atom stereocenters. The number of aromatic nitrogens is 3. The van der Waals surface area contributed by atoms with Gasteiger partial charge in [0.15, 0.2) is 0 Å². The highest BCUT2D eigenvalue weighted by molar-refractivity contribution is 5.82. The number of nitrogens with zero attached hydrogens (tertiary/aromatic N) is 4. The normalized spacial score (nSPS) is 23.4. The molecule has 5 heterocycles. The first kappa shape index (κ1) is 14.2. The molecule has 0 aromatic carbocycles. The lowest BCUT2D eigenvalue weighted by molar-refractivity contribution is 0.244. The number of likely N-dealkylation sites (N-methyl/N-ethyl adjacent to an activating group) is 1. The first-order valence-corrected chi connectivity index (χ1v) is 8.78. The van der Waals surface area contributed by atoms with Crippen LogP contribution in [0.4, 0.5) is 0 Å². The second kappa shape index (κ2) is 5.15. The highest BCUT2D eigenvalue weighted by atomic mass is 15.1. The van der Waals surface area contributed by atoms with Crippen LogP contribution in [0.2, 0.25) is 0 Å². The van der Waals surface area contributed by atoms with Crippen molar-refractivity contribution < 1.29 is 0 Å². The zero-order chi connectivity index (χ0) is 16.3. The molecular weight excluding hydrogens is 296 g/mol. The van der Waals surface area contributed by atoms with Crippen molar-refractivity contribution in [2.45, 2.75) is 38.3 Å². The van der Waals surface area contributed by atoms with Crippen LogP contribution >= 0.6 is 0 Å². The minimum Gasteiger partial charge on any atom is -0.342 e. The summed E-state index contributed by atoms with van der Waals surface area (Å²) in [7, 11) is 2.23. The van der Waals surface area contributed by atoms with Crippen LogP contribution in [0.5, 0.6) is 0 Å². The van der Waals surface area contributed by atoms with Crippen LogP contribution in [0.25, 0.3) is 11.0 Å². The van der Waals surface area contributed by atoms with Gasteiger partial charge in [-0.25, -0.2) is 0 Å². The first-order valence-electron chi connectivity index (χ1n) is 8.78. The molecule has 4 nitrogen and oxygen atoms in total. The Kier molecular flexibility index (Phi) is 3.04. The van der Waals surface area contributed by atoms with Crippen LogP contribution in [-0.4, -0.2) is 33.0 Å². The molecule has 0 amide bonds. The van der Waals surface area contributed by atoms with Crippen molar-refractivity contribution in [2.24, 2.45) is 0 Å². The van der Waals surface area contributed by atoms with Gasteiger partial charge in [0.25, 0.3) is 0 Å². The van der Waals surface area contributed by atoms with Crippen LogP contribution in [0.1, 0.15) is 40.8 Å². The van der Waals surface area contributed by atoms with Crippen LogP contribution in [0.3, 0.4) is 0 Å². The van der Waals surface area contributed by atoms with E-state index in [4.69, 9.17) is 4.98 Å². The molecule has 122 valence electrons. The molecule has 0 radical (unpaired) electrons. The van der Waals surface area contributed by atoms with E-state index in [1.807, 2.05) is 12.4 Å². The van der Waals surface area contributed by atoms with Crippen molar-refractivity contribution in [1.29, 1.82) is 0 Å². The number of hydrogen-bond donors (Lipinski definition) is 0. The van der Waals surface area contributed by atoms with E-state index in [1.165, 1.54) is 28.6 Å². The molecule has 2 aliphatic rings. The molecule has 0 saturated carbocycles. The van der Waals surface area contributed by atoms with E-state index in [-0.39, 0.29) is 0 Å². The molecule has 3 aromatic rings. The Morgan fingerprint density at radius 3 is 2.71 bits per heavy atom. The Labute approximate surface area is 142 Å². The summed E-state index contributed by atoms with van der Waals surface area (Å²) in [6.45, 7) is 5.31. The maximum absolute atomic E-state index is 4.89. The second-order valence-corrected chi connectivity index (χ2v) is 7.40. The van der Waals surface area contributed by atoms with Crippen LogP contribution in [-0.2, 0) is 13.1 Å². The van der Waals surface area contributed by atoms with Crippen molar-refractivity contribution in [3.05, 3.63) is 59.2 Å². The number of rotatable bonds is 1. The van der Waals surface area contributed by atoms with Gasteiger partial charge in [-0.2, -0.15) is 0 Å². The third-order valence-corrected chi connectivity index (χ3v) is 5.69. The van der Waals surface area contributed by atoms with E-state index >= 15 is 0 Å². The summed E-state index contributed by atoms with van der Waals surface area (Å²) in [6.07, 6.45) is 5.06. The topological polar surface area (TPSA) is 34.0 Å². The largest absolute Gasteiger partial charge is 0.342 e. The van der Waals surface area contributed by atoms with Gasteiger partial charge in [-0.15, -0.1) is 0 Å². The summed E-state index contributed by atoms with van der Waals surface area (Å²) < 4.78 is 2.56. The zero-order valence-electron chi connectivity index (χ0n) is 14.2. The molecule has 0 spiro atoms. The van der Waals surface area contributed by atoms with Crippen LogP contribution in [0, 0.1) is 6.92 Å². The molecule has 5 rings (SSSR count). The number of hydrogen-bond acceptors (Lipinski definition) is 3. The molecule has 24 heavy (non-hydrogen) atoms. The molecule has 0 bridgehead atoms. The van der Waals surface area contributed by atoms with Crippen LogP contribution in [0.15, 0.2) is 36.7 Å². The van der Waals surface area contributed by atoms with Gasteiger partial charge in [-0.3, -0.25) is 9.97 Å². The second-order valence-electron chi connectivity index (χ2n) is 7.40. The number of pyridine rings is 2. The van der Waals surface area contributed by atoms with Crippen molar-refractivity contribution in [3.8, 4) is 0 Å². The van der Waals surface area contributed by atoms with E-state index in [9.17, 15) is 0 Å². The van der Waals surface area contributed by atoms with Crippen molar-refractivity contribution in [2.75, 3.05) is 13.6 Å². The molecule has 2 aliphatic heterocycles. The van der Waals surface area contributed by atoms with Gasteiger partial charge in [0.05, 0.1) is 11.0 Å². The van der Waals surface area contributed by atoms with E-state index < -0.39 is 0 Å². The third kappa shape index (κ3) is 2.02. The van der Waals surface area contributed by atoms with Crippen molar-refractivity contribution in [3.63, 3.8) is 0 Å². The molecule has 4 heteroatoms. The predicted octanol–water partition coefficient (Wildman–Crippen LogP) is 3.46. The average Bonchev–Trinajstić information content (AvgIpc) is 2.90. The Bertz CT molecular complexity index is 912. The number of aryl methyl sites for hydroxylation is 1. The highest BCUT2D eigenvalue weighted by Gasteiger charge is 2.36. The summed E-state index contributed by atoms with van der Waals surface area (Å²) in [5, 5.41) is 0. The fraction of sp³-hybridized carbons (Fsp3) is 0.400. The Balaban J connectivity index is 1.71. The van der Waals surface area contributed by atoms with Crippen LogP contribution < -0.4 is 0 Å². The molecule has 2 unspecified atom stereocenters. The molecular formula is C20H22N4. The van der Waals surface area contributed by atoms with Crippen molar-refractivity contribution in [1.82, 2.24) is 19.4 Å². The SMILES string of the molecule is Cc1ccc2c(n1)c1c3n2CC(c2ccncc2)CC3CN(C)C1. The fourth-order valence-electron chi connectivity index (χ4n) is 4.72. The van der Waals surface area contributed by atoms with Gasteiger partial charge in [0, 0.05) is 60.8 Å². The zero-order valence-corrected chi connectivity index (χ0v) is 14.2. The molecule has 0 saturated heterocycles. The molecule has 0 fully saturated rings. The monoisotopic (exact) mass is 318 g/mol. The summed E-state index contributed by atoms with van der Waals surface area (Å²) >= 11 is 0. The van der Waals surface area contributed by atoms with Gasteiger partial charge in [0.2, 0.25) is 0 Å². The maximum Gasteiger partial charge on any atom is 0.0932 e. The third-order valence-electron chi connectivity index (χ3n) is 5.69. The van der Waals surface area contributed by atoms with Gasteiger partial charge in [-0.1, -0.05) is 0 Å². The summed E-state index contributed by atoms with van der Waals surface area (Å²) in [4.78, 5) is 11.5. The fourth-order valence-corrected chi connectivity index (χ4v) is 4.72. The van der Waals surface area contributed by atoms with E-state index in [0.717, 1.165) is 25.3 Å². The van der Waals surface area contributed by atoms with Crippen molar-refractivity contribution >= 4 is 11.0 Å². The maximum atomic E-state index is 4.89. The summed E-state index contributed by atoms with van der Waals surface area (Å²) in [5.74, 6) is 1.15. The lowest BCUT2D eigenvalue weighted by Gasteiger charge is -2.38. The van der Waals surface area contributed by atoms with Gasteiger partial charge < -0.3 is 9.47 Å². The van der Waals surface area contributed by atoms with Gasteiger partial charge in [0.1, 0.15) is 0 Å². The van der Waals surface area contributed by atoms with E-state index in [0.29, 0.717) is 11.8 Å². The summed E-state index contributed by atoms with van der Waals surface area (Å²) in [5.41, 5.74) is 8.05. The molecule has 0 aliphatic carbocycles.